The highest BCUT2D eigenvalue weighted by Gasteiger charge is 2.12. The van der Waals surface area contributed by atoms with Crippen LogP contribution in [0.3, 0.4) is 0 Å². The first-order valence-electron chi connectivity index (χ1n) is 7.09. The van der Waals surface area contributed by atoms with E-state index in [1.165, 1.54) is 0 Å². The van der Waals surface area contributed by atoms with Crippen LogP contribution < -0.4 is 10.6 Å². The monoisotopic (exact) mass is 288 g/mol. The summed E-state index contributed by atoms with van der Waals surface area (Å²) < 4.78 is 1.89. The largest absolute Gasteiger partial charge is 0.384 e. The minimum atomic E-state index is -0.174. The van der Waals surface area contributed by atoms with Crippen molar-refractivity contribution in [2.24, 2.45) is 0 Å². The zero-order chi connectivity index (χ0) is 15.1. The van der Waals surface area contributed by atoms with Gasteiger partial charge in [0, 0.05) is 25.5 Å². The molecule has 0 aromatic carbocycles. The number of rotatable bonds is 7. The molecule has 0 fully saturated rings. The number of hydrogen-bond donors (Lipinski definition) is 2. The molecule has 1 amide bonds. The number of carbonyl (C=O) groups excluding carboxylic acids is 1. The van der Waals surface area contributed by atoms with E-state index in [4.69, 9.17) is 0 Å². The molecule has 0 saturated carbocycles. The van der Waals surface area contributed by atoms with Crippen molar-refractivity contribution in [3.8, 4) is 0 Å². The maximum absolute atomic E-state index is 12.3. The summed E-state index contributed by atoms with van der Waals surface area (Å²) in [4.78, 5) is 16.3. The Morgan fingerprint density at radius 2 is 2.24 bits per heavy atom. The smallest absolute Gasteiger partial charge is 0.255 e. The Kier molecular flexibility index (Phi) is 5.25. The molecular formula is C14H20N6O. The highest BCUT2D eigenvalue weighted by Crippen LogP contribution is 2.13. The van der Waals surface area contributed by atoms with Gasteiger partial charge >= 0.3 is 0 Å². The zero-order valence-electron chi connectivity index (χ0n) is 12.3. The lowest BCUT2D eigenvalue weighted by Gasteiger charge is -2.11. The van der Waals surface area contributed by atoms with Gasteiger partial charge in [0.25, 0.3) is 5.91 Å². The Bertz CT molecular complexity index is 595. The van der Waals surface area contributed by atoms with Crippen molar-refractivity contribution in [2.75, 3.05) is 11.9 Å². The second kappa shape index (κ2) is 7.37. The standard InChI is InChI=1S/C14H20N6O/c1-3-6-16-12-5-7-15-8-11(12)14(21)17-9-13-19-18-10-20(13)4-2/h5,7-8,10H,3-4,6,9H2,1-2H3,(H,15,16)(H,17,21). The van der Waals surface area contributed by atoms with Gasteiger partial charge in [-0.1, -0.05) is 6.92 Å². The van der Waals surface area contributed by atoms with Gasteiger partial charge in [0.1, 0.15) is 6.33 Å². The summed E-state index contributed by atoms with van der Waals surface area (Å²) >= 11 is 0. The topological polar surface area (TPSA) is 84.7 Å². The molecule has 0 bridgehead atoms. The van der Waals surface area contributed by atoms with Crippen molar-refractivity contribution in [1.82, 2.24) is 25.1 Å². The third-order valence-electron chi connectivity index (χ3n) is 3.07. The third kappa shape index (κ3) is 3.77. The molecule has 0 aliphatic carbocycles. The molecule has 7 nitrogen and oxygen atoms in total. The fourth-order valence-corrected chi connectivity index (χ4v) is 1.92. The second-order valence-electron chi connectivity index (χ2n) is 4.56. The van der Waals surface area contributed by atoms with Gasteiger partial charge in [-0.15, -0.1) is 10.2 Å². The molecule has 2 heterocycles. The molecular weight excluding hydrogens is 268 g/mol. The summed E-state index contributed by atoms with van der Waals surface area (Å²) in [6, 6.07) is 1.80. The quantitative estimate of drug-likeness (QED) is 0.805. The lowest BCUT2D eigenvalue weighted by molar-refractivity contribution is 0.0950. The lowest BCUT2D eigenvalue weighted by atomic mass is 10.2. The Hall–Kier alpha value is -2.44. The molecule has 2 aromatic rings. The maximum atomic E-state index is 12.3. The maximum Gasteiger partial charge on any atom is 0.255 e. The van der Waals surface area contributed by atoms with E-state index in [0.29, 0.717) is 12.1 Å². The number of aryl methyl sites for hydroxylation is 1. The van der Waals surface area contributed by atoms with Crippen molar-refractivity contribution in [2.45, 2.75) is 33.4 Å². The lowest BCUT2D eigenvalue weighted by Crippen LogP contribution is -2.25. The molecule has 7 heteroatoms. The molecule has 0 radical (unpaired) electrons. The van der Waals surface area contributed by atoms with Gasteiger partial charge in [0.15, 0.2) is 5.82 Å². The van der Waals surface area contributed by atoms with E-state index in [0.717, 1.165) is 31.0 Å². The molecule has 0 atom stereocenters. The number of pyridine rings is 1. The van der Waals surface area contributed by atoms with Crippen LogP contribution in [0, 0.1) is 0 Å². The van der Waals surface area contributed by atoms with Crippen LogP contribution in [0.25, 0.3) is 0 Å². The molecule has 112 valence electrons. The van der Waals surface area contributed by atoms with E-state index in [1.54, 1.807) is 24.8 Å². The molecule has 2 aromatic heterocycles. The molecule has 0 unspecified atom stereocenters. The fraction of sp³-hybridized carbons (Fsp3) is 0.429. The number of carbonyl (C=O) groups is 1. The van der Waals surface area contributed by atoms with Gasteiger partial charge in [-0.25, -0.2) is 0 Å². The van der Waals surface area contributed by atoms with Crippen molar-refractivity contribution in [1.29, 1.82) is 0 Å². The Labute approximate surface area is 123 Å². The van der Waals surface area contributed by atoms with Crippen LogP contribution in [0.5, 0.6) is 0 Å². The summed E-state index contributed by atoms with van der Waals surface area (Å²) in [5, 5.41) is 13.9. The van der Waals surface area contributed by atoms with Gasteiger partial charge in [-0.05, 0) is 19.4 Å². The molecule has 0 spiro atoms. The van der Waals surface area contributed by atoms with Crippen LogP contribution in [0.4, 0.5) is 5.69 Å². The van der Waals surface area contributed by atoms with E-state index in [2.05, 4.69) is 32.7 Å². The van der Waals surface area contributed by atoms with Gasteiger partial charge in [-0.2, -0.15) is 0 Å². The van der Waals surface area contributed by atoms with E-state index in [9.17, 15) is 4.79 Å². The zero-order valence-corrected chi connectivity index (χ0v) is 12.3. The van der Waals surface area contributed by atoms with Gasteiger partial charge in [0.2, 0.25) is 0 Å². The van der Waals surface area contributed by atoms with Crippen LogP contribution in [-0.2, 0) is 13.1 Å². The van der Waals surface area contributed by atoms with Crippen LogP contribution in [-0.4, -0.2) is 32.2 Å². The molecule has 2 rings (SSSR count). The highest BCUT2D eigenvalue weighted by molar-refractivity contribution is 5.99. The van der Waals surface area contributed by atoms with Crippen molar-refractivity contribution >= 4 is 11.6 Å². The van der Waals surface area contributed by atoms with Gasteiger partial charge < -0.3 is 15.2 Å². The van der Waals surface area contributed by atoms with E-state index in [1.807, 2.05) is 11.5 Å². The van der Waals surface area contributed by atoms with E-state index < -0.39 is 0 Å². The Morgan fingerprint density at radius 3 is 3.00 bits per heavy atom. The molecule has 0 aliphatic rings. The normalized spacial score (nSPS) is 10.4. The average molecular weight is 288 g/mol. The third-order valence-corrected chi connectivity index (χ3v) is 3.07. The number of nitrogens with one attached hydrogen (secondary N) is 2. The van der Waals surface area contributed by atoms with Crippen molar-refractivity contribution in [3.63, 3.8) is 0 Å². The van der Waals surface area contributed by atoms with Crippen LogP contribution in [0.1, 0.15) is 36.5 Å². The first kappa shape index (κ1) is 15.0. The van der Waals surface area contributed by atoms with Crippen LogP contribution in [0.2, 0.25) is 0 Å². The second-order valence-corrected chi connectivity index (χ2v) is 4.56. The fourth-order valence-electron chi connectivity index (χ4n) is 1.92. The number of nitrogens with zero attached hydrogens (tertiary/aromatic N) is 4. The summed E-state index contributed by atoms with van der Waals surface area (Å²) in [7, 11) is 0. The Morgan fingerprint density at radius 1 is 1.38 bits per heavy atom. The summed E-state index contributed by atoms with van der Waals surface area (Å²) in [6.45, 7) is 6.01. The number of hydrogen-bond acceptors (Lipinski definition) is 5. The van der Waals surface area contributed by atoms with E-state index in [-0.39, 0.29) is 5.91 Å². The highest BCUT2D eigenvalue weighted by atomic mass is 16.1. The molecule has 0 aliphatic heterocycles. The predicted octanol–water partition coefficient (Wildman–Crippen LogP) is 1.44. The van der Waals surface area contributed by atoms with Crippen LogP contribution in [0.15, 0.2) is 24.8 Å². The van der Waals surface area contributed by atoms with Gasteiger partial charge in [0.05, 0.1) is 17.8 Å². The first-order chi connectivity index (χ1) is 10.3. The van der Waals surface area contributed by atoms with Crippen molar-refractivity contribution < 1.29 is 4.79 Å². The molecule has 2 N–H and O–H groups in total. The van der Waals surface area contributed by atoms with Crippen LogP contribution >= 0.6 is 0 Å². The number of anilines is 1. The average Bonchev–Trinajstić information content (AvgIpc) is 2.98. The van der Waals surface area contributed by atoms with E-state index >= 15 is 0 Å². The summed E-state index contributed by atoms with van der Waals surface area (Å²) in [6.07, 6.45) is 5.88. The Balaban J connectivity index is 2.03. The summed E-state index contributed by atoms with van der Waals surface area (Å²) in [5.41, 5.74) is 1.33. The van der Waals surface area contributed by atoms with Gasteiger partial charge in [-0.3, -0.25) is 9.78 Å². The minimum absolute atomic E-state index is 0.174. The number of amides is 1. The summed E-state index contributed by atoms with van der Waals surface area (Å²) in [5.74, 6) is 0.560. The molecule has 0 saturated heterocycles. The van der Waals surface area contributed by atoms with Crippen molar-refractivity contribution in [3.05, 3.63) is 36.2 Å². The first-order valence-corrected chi connectivity index (χ1v) is 7.09. The minimum Gasteiger partial charge on any atom is -0.384 e. The predicted molar refractivity (Wildman–Crippen MR) is 79.9 cm³/mol. The number of aromatic nitrogens is 4. The SMILES string of the molecule is CCCNc1ccncc1C(=O)NCc1nncn1CC. The molecule has 21 heavy (non-hydrogen) atoms.